The van der Waals surface area contributed by atoms with Crippen molar-refractivity contribution in [1.29, 1.82) is 0 Å². The number of carboxylic acids is 2. The fraction of sp³-hybridized carbons (Fsp3) is 0.769. The molecule has 1 rings (SSSR count). The Labute approximate surface area is 116 Å². The summed E-state index contributed by atoms with van der Waals surface area (Å²) in [5.41, 5.74) is -3.29. The molecule has 7 nitrogen and oxygen atoms in total. The number of hydrogen-bond donors (Lipinski definition) is 3. The van der Waals surface area contributed by atoms with Crippen molar-refractivity contribution >= 4 is 17.9 Å². The molecule has 0 aromatic rings. The van der Waals surface area contributed by atoms with Gasteiger partial charge < -0.3 is 20.1 Å². The van der Waals surface area contributed by atoms with Crippen LogP contribution in [0.5, 0.6) is 0 Å². The van der Waals surface area contributed by atoms with E-state index in [0.717, 1.165) is 19.3 Å². The van der Waals surface area contributed by atoms with Crippen LogP contribution in [0, 0.1) is 0 Å². The first-order valence-corrected chi connectivity index (χ1v) is 6.56. The predicted molar refractivity (Wildman–Crippen MR) is 67.0 cm³/mol. The Kier molecular flexibility index (Phi) is 5.10. The Morgan fingerprint density at radius 1 is 1.10 bits per heavy atom. The first-order valence-electron chi connectivity index (χ1n) is 6.56. The van der Waals surface area contributed by atoms with Crippen LogP contribution in [0.25, 0.3) is 0 Å². The van der Waals surface area contributed by atoms with Gasteiger partial charge in [-0.25, -0.2) is 4.79 Å². The zero-order valence-corrected chi connectivity index (χ0v) is 11.4. The quantitative estimate of drug-likeness (QED) is 0.621. The molecule has 1 aliphatic rings. The maximum absolute atomic E-state index is 11.8. The number of esters is 1. The largest absolute Gasteiger partial charge is 0.481 e. The smallest absolute Gasteiger partial charge is 0.336 e. The van der Waals surface area contributed by atoms with Crippen LogP contribution < -0.4 is 0 Å². The van der Waals surface area contributed by atoms with Gasteiger partial charge in [-0.05, 0) is 32.6 Å². The molecule has 0 aliphatic heterocycles. The number of rotatable bonds is 6. The number of aliphatic hydroxyl groups is 1. The average molecular weight is 288 g/mol. The summed E-state index contributed by atoms with van der Waals surface area (Å²) in [6, 6.07) is 0. The first-order chi connectivity index (χ1) is 9.17. The summed E-state index contributed by atoms with van der Waals surface area (Å²) < 4.78 is 5.25. The summed E-state index contributed by atoms with van der Waals surface area (Å²) >= 11 is 0. The molecule has 0 heterocycles. The molecule has 0 spiro atoms. The minimum Gasteiger partial charge on any atom is -0.481 e. The topological polar surface area (TPSA) is 121 Å². The molecule has 7 heteroatoms. The number of aliphatic carboxylic acids is 2. The van der Waals surface area contributed by atoms with Crippen molar-refractivity contribution in [2.75, 3.05) is 0 Å². The van der Waals surface area contributed by atoms with Crippen molar-refractivity contribution in [1.82, 2.24) is 0 Å². The molecule has 1 atom stereocenters. The van der Waals surface area contributed by atoms with Crippen molar-refractivity contribution in [2.24, 2.45) is 0 Å². The minimum absolute atomic E-state index is 0.655. The van der Waals surface area contributed by atoms with Crippen LogP contribution in [0.4, 0.5) is 0 Å². The molecule has 1 saturated carbocycles. The van der Waals surface area contributed by atoms with E-state index in [1.165, 1.54) is 0 Å². The Balaban J connectivity index is 2.66. The molecule has 20 heavy (non-hydrogen) atoms. The van der Waals surface area contributed by atoms with Crippen LogP contribution in [0.1, 0.15) is 51.9 Å². The maximum Gasteiger partial charge on any atom is 0.336 e. The van der Waals surface area contributed by atoms with E-state index in [0.29, 0.717) is 12.8 Å². The number of ether oxygens (including phenoxy) is 1. The lowest BCUT2D eigenvalue weighted by Crippen LogP contribution is -2.44. The van der Waals surface area contributed by atoms with Gasteiger partial charge in [-0.3, -0.25) is 9.59 Å². The highest BCUT2D eigenvalue weighted by Crippen LogP contribution is 2.32. The molecular weight excluding hydrogens is 268 g/mol. The molecule has 3 N–H and O–H groups in total. The highest BCUT2D eigenvalue weighted by molar-refractivity contribution is 5.88. The summed E-state index contributed by atoms with van der Waals surface area (Å²) in [6.07, 6.45) is 2.35. The van der Waals surface area contributed by atoms with E-state index in [-0.39, 0.29) is 0 Å². The fourth-order valence-corrected chi connectivity index (χ4v) is 2.42. The van der Waals surface area contributed by atoms with Crippen molar-refractivity contribution < 1.29 is 34.4 Å². The number of carbonyl (C=O) groups excluding carboxylic acids is 1. The Morgan fingerprint density at radius 2 is 1.65 bits per heavy atom. The third-order valence-corrected chi connectivity index (χ3v) is 3.55. The van der Waals surface area contributed by atoms with E-state index >= 15 is 0 Å². The van der Waals surface area contributed by atoms with Crippen molar-refractivity contribution in [3.8, 4) is 0 Å². The molecule has 0 amide bonds. The summed E-state index contributed by atoms with van der Waals surface area (Å²) in [5, 5.41) is 27.2. The number of carboxylic acid groups (broad SMARTS) is 2. The highest BCUT2D eigenvalue weighted by Gasteiger charge is 2.43. The summed E-state index contributed by atoms with van der Waals surface area (Å²) in [4.78, 5) is 33.3. The van der Waals surface area contributed by atoms with Gasteiger partial charge in [0.25, 0.3) is 0 Å². The van der Waals surface area contributed by atoms with Crippen LogP contribution in [-0.4, -0.2) is 44.4 Å². The number of carbonyl (C=O) groups is 3. The third-order valence-electron chi connectivity index (χ3n) is 3.55. The summed E-state index contributed by atoms with van der Waals surface area (Å²) in [6.45, 7) is 1.76. The standard InChI is InChI=1S/C13H20O7/c1-12(5-3-2-4-6-12)20-10(16)8-13(19,11(17)18)7-9(14)15/h19H,2-8H2,1H3,(H,14,15)(H,17,18). The van der Waals surface area contributed by atoms with Gasteiger partial charge in [0.05, 0.1) is 12.8 Å². The second kappa shape index (κ2) is 6.21. The highest BCUT2D eigenvalue weighted by atomic mass is 16.6. The van der Waals surface area contributed by atoms with Gasteiger partial charge in [-0.2, -0.15) is 0 Å². The Hall–Kier alpha value is -1.63. The van der Waals surface area contributed by atoms with Gasteiger partial charge in [-0.1, -0.05) is 6.42 Å². The second-order valence-electron chi connectivity index (χ2n) is 5.57. The lowest BCUT2D eigenvalue weighted by molar-refractivity contribution is -0.178. The van der Waals surface area contributed by atoms with Crippen molar-refractivity contribution in [3.63, 3.8) is 0 Å². The first kappa shape index (κ1) is 16.4. The van der Waals surface area contributed by atoms with E-state index in [4.69, 9.17) is 14.9 Å². The molecule has 1 unspecified atom stereocenters. The molecule has 0 radical (unpaired) electrons. The van der Waals surface area contributed by atoms with Crippen molar-refractivity contribution in [2.45, 2.75) is 63.1 Å². The molecule has 1 fully saturated rings. The molecule has 1 aliphatic carbocycles. The maximum atomic E-state index is 11.8. The molecule has 0 bridgehead atoms. The van der Waals surface area contributed by atoms with Crippen LogP contribution >= 0.6 is 0 Å². The van der Waals surface area contributed by atoms with E-state index in [9.17, 15) is 19.5 Å². The Morgan fingerprint density at radius 3 is 2.10 bits per heavy atom. The molecule has 114 valence electrons. The molecule has 0 aromatic heterocycles. The van der Waals surface area contributed by atoms with Gasteiger partial charge in [0.2, 0.25) is 0 Å². The van der Waals surface area contributed by atoms with E-state index in [1.54, 1.807) is 6.92 Å². The SMILES string of the molecule is CC1(OC(=O)CC(O)(CC(=O)O)C(=O)O)CCCCC1. The zero-order valence-electron chi connectivity index (χ0n) is 11.4. The van der Waals surface area contributed by atoms with Gasteiger partial charge in [-0.15, -0.1) is 0 Å². The second-order valence-corrected chi connectivity index (χ2v) is 5.57. The molecule has 0 aromatic carbocycles. The van der Waals surface area contributed by atoms with Crippen molar-refractivity contribution in [3.05, 3.63) is 0 Å². The zero-order chi connectivity index (χ0) is 15.4. The van der Waals surface area contributed by atoms with E-state index in [1.807, 2.05) is 0 Å². The third kappa shape index (κ3) is 4.48. The van der Waals surface area contributed by atoms with E-state index < -0.39 is 42.0 Å². The van der Waals surface area contributed by atoms with Gasteiger partial charge in [0, 0.05) is 0 Å². The molecular formula is C13H20O7. The van der Waals surface area contributed by atoms with Crippen LogP contribution in [-0.2, 0) is 19.1 Å². The van der Waals surface area contributed by atoms with E-state index in [2.05, 4.69) is 0 Å². The monoisotopic (exact) mass is 288 g/mol. The molecule has 0 saturated heterocycles. The van der Waals surface area contributed by atoms with Crippen LogP contribution in [0.3, 0.4) is 0 Å². The summed E-state index contributed by atoms with van der Waals surface area (Å²) in [7, 11) is 0. The lowest BCUT2D eigenvalue weighted by Gasteiger charge is -2.34. The number of hydrogen-bond acceptors (Lipinski definition) is 5. The normalized spacial score (nSPS) is 20.7. The predicted octanol–water partition coefficient (Wildman–Crippen LogP) is 0.933. The van der Waals surface area contributed by atoms with Crippen LogP contribution in [0.2, 0.25) is 0 Å². The Bertz CT molecular complexity index is 398. The van der Waals surface area contributed by atoms with Gasteiger partial charge in [0.15, 0.2) is 5.60 Å². The minimum atomic E-state index is -2.63. The van der Waals surface area contributed by atoms with Gasteiger partial charge in [0.1, 0.15) is 5.60 Å². The fourth-order valence-electron chi connectivity index (χ4n) is 2.42. The average Bonchev–Trinajstić information content (AvgIpc) is 2.27. The summed E-state index contributed by atoms with van der Waals surface area (Å²) in [5.74, 6) is -4.13. The lowest BCUT2D eigenvalue weighted by atomic mass is 9.86. The van der Waals surface area contributed by atoms with Gasteiger partial charge >= 0.3 is 17.9 Å². The van der Waals surface area contributed by atoms with Crippen LogP contribution in [0.15, 0.2) is 0 Å².